The predicted octanol–water partition coefficient (Wildman–Crippen LogP) is 1.29. The van der Waals surface area contributed by atoms with Crippen LogP contribution in [0.2, 0.25) is 5.02 Å². The highest BCUT2D eigenvalue weighted by Crippen LogP contribution is 2.20. The fourth-order valence-electron chi connectivity index (χ4n) is 2.72. The summed E-state index contributed by atoms with van der Waals surface area (Å²) in [5.74, 6) is -3.56. The number of nitrogens with two attached hydrogens (primary N) is 1. The van der Waals surface area contributed by atoms with Gasteiger partial charge >= 0.3 is 5.97 Å². The van der Waals surface area contributed by atoms with Crippen LogP contribution in [0.3, 0.4) is 0 Å². The van der Waals surface area contributed by atoms with Crippen LogP contribution in [-0.2, 0) is 19.1 Å². The largest absolute Gasteiger partial charge is 0.465 e. The lowest BCUT2D eigenvalue weighted by Gasteiger charge is -2.24. The molecule has 1 heterocycles. The van der Waals surface area contributed by atoms with Crippen molar-refractivity contribution in [1.82, 2.24) is 15.0 Å². The third kappa shape index (κ3) is 6.54. The van der Waals surface area contributed by atoms with Crippen LogP contribution < -0.4 is 22.0 Å². The first-order valence-electron chi connectivity index (χ1n) is 9.99. The number of carbonyl (C=O) groups is 4. The quantitative estimate of drug-likeness (QED) is 0.283. The van der Waals surface area contributed by atoms with Gasteiger partial charge in [-0.2, -0.15) is 0 Å². The van der Waals surface area contributed by atoms with Crippen LogP contribution in [0.5, 0.6) is 0 Å². The fraction of sp³-hybridized carbons (Fsp3) is 0.286. The third-order valence-corrected chi connectivity index (χ3v) is 4.86. The van der Waals surface area contributed by atoms with Crippen molar-refractivity contribution in [3.8, 4) is 0 Å². The molecule has 1 aromatic carbocycles. The number of hydrazine groups is 1. The topological polar surface area (TPSA) is 153 Å². The van der Waals surface area contributed by atoms with E-state index < -0.39 is 48.5 Å². The highest BCUT2D eigenvalue weighted by Gasteiger charge is 2.24. The summed E-state index contributed by atoms with van der Waals surface area (Å²) in [5.41, 5.74) is 7.30. The zero-order chi connectivity index (χ0) is 25.4. The van der Waals surface area contributed by atoms with E-state index in [1.807, 2.05) is 0 Å². The van der Waals surface area contributed by atoms with E-state index in [4.69, 9.17) is 22.1 Å². The van der Waals surface area contributed by atoms with E-state index in [1.165, 1.54) is 43.5 Å². The third-order valence-electron chi connectivity index (χ3n) is 4.54. The summed E-state index contributed by atoms with van der Waals surface area (Å²) in [6, 6.07) is 5.75. The number of benzene rings is 1. The highest BCUT2D eigenvalue weighted by molar-refractivity contribution is 6.33. The molecule has 0 saturated carbocycles. The van der Waals surface area contributed by atoms with E-state index in [1.54, 1.807) is 6.92 Å². The number of nitrogens with zero attached hydrogens (tertiary/aromatic N) is 2. The fourth-order valence-corrected chi connectivity index (χ4v) is 2.90. The van der Waals surface area contributed by atoms with Crippen LogP contribution in [0, 0.1) is 0 Å². The van der Waals surface area contributed by atoms with Gasteiger partial charge in [0.1, 0.15) is 18.3 Å². The smallest absolute Gasteiger partial charge is 0.327 e. The molecule has 0 saturated heterocycles. The van der Waals surface area contributed by atoms with Crippen LogP contribution in [0.4, 0.5) is 15.8 Å². The number of pyridine rings is 1. The first-order chi connectivity index (χ1) is 16.1. The van der Waals surface area contributed by atoms with Crippen LogP contribution in [0.15, 0.2) is 41.3 Å². The van der Waals surface area contributed by atoms with Crippen LogP contribution in [0.25, 0.3) is 0 Å². The van der Waals surface area contributed by atoms with Gasteiger partial charge in [-0.05, 0) is 44.2 Å². The maximum absolute atomic E-state index is 12.9. The molecule has 34 heavy (non-hydrogen) atoms. The summed E-state index contributed by atoms with van der Waals surface area (Å²) in [4.78, 5) is 61.4. The maximum atomic E-state index is 12.9. The van der Waals surface area contributed by atoms with Gasteiger partial charge in [0.15, 0.2) is 6.67 Å². The average molecular weight is 496 g/mol. The summed E-state index contributed by atoms with van der Waals surface area (Å²) in [6.45, 7) is 0.719. The zero-order valence-corrected chi connectivity index (χ0v) is 19.1. The Labute approximate surface area is 198 Å². The van der Waals surface area contributed by atoms with Crippen LogP contribution in [0.1, 0.15) is 30.2 Å². The number of esters is 1. The molecule has 11 nitrogen and oxygen atoms in total. The van der Waals surface area contributed by atoms with Crippen LogP contribution in [-0.4, -0.2) is 53.1 Å². The maximum Gasteiger partial charge on any atom is 0.327 e. The average Bonchev–Trinajstić information content (AvgIpc) is 2.80. The van der Waals surface area contributed by atoms with E-state index in [0.29, 0.717) is 5.01 Å². The molecule has 2 aromatic rings. The van der Waals surface area contributed by atoms with Gasteiger partial charge in [0, 0.05) is 11.8 Å². The van der Waals surface area contributed by atoms with Gasteiger partial charge in [0.2, 0.25) is 0 Å². The second kappa shape index (κ2) is 11.8. The molecule has 1 aromatic heterocycles. The van der Waals surface area contributed by atoms with Crippen LogP contribution >= 0.6 is 11.6 Å². The molecule has 2 rings (SSSR count). The number of halogens is 2. The highest BCUT2D eigenvalue weighted by atomic mass is 35.5. The van der Waals surface area contributed by atoms with Crippen molar-refractivity contribution in [1.29, 1.82) is 0 Å². The van der Waals surface area contributed by atoms with Gasteiger partial charge in [-0.25, -0.2) is 9.40 Å². The monoisotopic (exact) mass is 495 g/mol. The number of nitrogens with one attached hydrogen (secondary N) is 2. The number of hydrogen-bond acceptors (Lipinski definition) is 7. The predicted molar refractivity (Wildman–Crippen MR) is 122 cm³/mol. The summed E-state index contributed by atoms with van der Waals surface area (Å²) >= 11 is 5.92. The number of hydrogen-bond donors (Lipinski definition) is 3. The van der Waals surface area contributed by atoms with Crippen molar-refractivity contribution in [3.05, 3.63) is 57.5 Å². The number of rotatable bonds is 8. The Morgan fingerprint density at radius 3 is 2.59 bits per heavy atom. The van der Waals surface area contributed by atoms with Crippen molar-refractivity contribution in [2.75, 3.05) is 30.9 Å². The molecule has 0 aliphatic rings. The van der Waals surface area contributed by atoms with Crippen molar-refractivity contribution in [2.45, 2.75) is 19.9 Å². The molecule has 1 unspecified atom stereocenters. The SMILES string of the molecule is CCOC(=O)CN(NC(=O)C(C)n1cccc(NC(=O)c2ccc(N)c(Cl)c2)c1=O)C(=O)CF. The Bertz CT molecular complexity index is 1150. The standard InChI is InChI=1S/C21H23ClFN5O6/c1-3-34-18(30)11-28(17(29)10-23)26-19(31)12(2)27-8-4-5-16(21(27)33)25-20(32)13-6-7-15(24)14(22)9-13/h4-9,12H,3,10-11,24H2,1-2H3,(H,25,32)(H,26,31). The number of amides is 3. The summed E-state index contributed by atoms with van der Waals surface area (Å²) in [6.07, 6.45) is 1.29. The van der Waals surface area contributed by atoms with E-state index in [-0.39, 0.29) is 28.6 Å². The molecule has 0 spiro atoms. The number of carbonyl (C=O) groups excluding carboxylic acids is 4. The molecule has 3 amide bonds. The molecular formula is C21H23ClFN5O6. The molecule has 0 fully saturated rings. The number of nitrogen functional groups attached to an aromatic ring is 1. The molecule has 0 aliphatic heterocycles. The molecule has 0 radical (unpaired) electrons. The second-order valence-corrected chi connectivity index (χ2v) is 7.30. The second-order valence-electron chi connectivity index (χ2n) is 6.90. The summed E-state index contributed by atoms with van der Waals surface area (Å²) in [7, 11) is 0. The number of aromatic nitrogens is 1. The van der Waals surface area contributed by atoms with Crippen molar-refractivity contribution in [3.63, 3.8) is 0 Å². The molecule has 182 valence electrons. The lowest BCUT2D eigenvalue weighted by molar-refractivity contribution is -0.153. The molecular weight excluding hydrogens is 473 g/mol. The minimum absolute atomic E-state index is 0.0251. The van der Waals surface area contributed by atoms with E-state index >= 15 is 0 Å². The molecule has 0 bridgehead atoms. The van der Waals surface area contributed by atoms with Gasteiger partial charge in [0.05, 0.1) is 17.3 Å². The molecule has 1 atom stereocenters. The Balaban J connectivity index is 2.20. The Morgan fingerprint density at radius 1 is 1.26 bits per heavy atom. The van der Waals surface area contributed by atoms with Crippen molar-refractivity contribution in [2.24, 2.45) is 0 Å². The van der Waals surface area contributed by atoms with E-state index in [0.717, 1.165) is 4.57 Å². The molecule has 0 aliphatic carbocycles. The minimum atomic E-state index is -1.47. The van der Waals surface area contributed by atoms with Gasteiger partial charge in [-0.15, -0.1) is 0 Å². The normalized spacial score (nSPS) is 11.3. The summed E-state index contributed by atoms with van der Waals surface area (Å²) in [5, 5.41) is 3.07. The number of alkyl halides is 1. The van der Waals surface area contributed by atoms with Crippen molar-refractivity contribution >= 4 is 46.7 Å². The lowest BCUT2D eigenvalue weighted by atomic mass is 10.2. The van der Waals surface area contributed by atoms with Crippen molar-refractivity contribution < 1.29 is 28.3 Å². The molecule has 4 N–H and O–H groups in total. The Kier molecular flexibility index (Phi) is 9.13. The van der Waals surface area contributed by atoms with Gasteiger partial charge in [0.25, 0.3) is 23.3 Å². The van der Waals surface area contributed by atoms with E-state index in [9.17, 15) is 28.4 Å². The lowest BCUT2D eigenvalue weighted by Crippen LogP contribution is -2.51. The first-order valence-corrected chi connectivity index (χ1v) is 10.4. The first kappa shape index (κ1) is 26.3. The zero-order valence-electron chi connectivity index (χ0n) is 18.3. The Morgan fingerprint density at radius 2 is 1.97 bits per heavy atom. The number of anilines is 2. The van der Waals surface area contributed by atoms with Gasteiger partial charge in [-0.3, -0.25) is 29.4 Å². The summed E-state index contributed by atoms with van der Waals surface area (Å²) < 4.78 is 18.6. The van der Waals surface area contributed by atoms with E-state index in [2.05, 4.69) is 10.7 Å². The van der Waals surface area contributed by atoms with Gasteiger partial charge in [-0.1, -0.05) is 11.6 Å². The number of ether oxygens (including phenoxy) is 1. The minimum Gasteiger partial charge on any atom is -0.465 e. The Hall–Kier alpha value is -3.93. The molecule has 13 heteroatoms. The van der Waals surface area contributed by atoms with Gasteiger partial charge < -0.3 is 20.4 Å².